The number of rotatable bonds is 11. The van der Waals surface area contributed by atoms with Crippen LogP contribution in [0.5, 0.6) is 0 Å². The van der Waals surface area contributed by atoms with Gasteiger partial charge in [0, 0.05) is 12.3 Å². The van der Waals surface area contributed by atoms with Crippen molar-refractivity contribution in [2.24, 2.45) is 0 Å². The molecule has 34 heavy (non-hydrogen) atoms. The number of hydrogen-bond donors (Lipinski definition) is 1. The fourth-order valence-corrected chi connectivity index (χ4v) is 5.84. The highest BCUT2D eigenvalue weighted by atomic mass is 32.2. The van der Waals surface area contributed by atoms with E-state index in [1.54, 1.807) is 48.2 Å². The van der Waals surface area contributed by atoms with Gasteiger partial charge in [0.25, 0.3) is 10.0 Å². The molecular formula is C26H29FN2O3S2. The van der Waals surface area contributed by atoms with Crippen molar-refractivity contribution in [1.82, 2.24) is 5.32 Å². The molecule has 5 nitrogen and oxygen atoms in total. The van der Waals surface area contributed by atoms with Gasteiger partial charge in [-0.3, -0.25) is 9.10 Å². The minimum atomic E-state index is -3.93. The first-order valence-corrected chi connectivity index (χ1v) is 13.6. The predicted octanol–water partition coefficient (Wildman–Crippen LogP) is 5.08. The highest BCUT2D eigenvalue weighted by molar-refractivity contribution is 7.98. The average molecular weight is 501 g/mol. The molecule has 0 saturated heterocycles. The molecule has 0 saturated carbocycles. The molecule has 180 valence electrons. The molecule has 0 bridgehead atoms. The number of halogens is 1. The third-order valence-electron chi connectivity index (χ3n) is 5.25. The summed E-state index contributed by atoms with van der Waals surface area (Å²) in [6, 6.07) is 20.3. The normalized spacial score (nSPS) is 11.3. The zero-order valence-corrected chi connectivity index (χ0v) is 21.0. The van der Waals surface area contributed by atoms with E-state index in [0.717, 1.165) is 16.9 Å². The van der Waals surface area contributed by atoms with Gasteiger partial charge in [0.05, 0.1) is 10.6 Å². The Hall–Kier alpha value is -2.84. The van der Waals surface area contributed by atoms with Crippen LogP contribution >= 0.6 is 11.8 Å². The molecule has 0 heterocycles. The first kappa shape index (κ1) is 25.8. The molecule has 8 heteroatoms. The molecule has 0 aliphatic rings. The van der Waals surface area contributed by atoms with Crippen LogP contribution in [-0.2, 0) is 20.6 Å². The van der Waals surface area contributed by atoms with Crippen molar-refractivity contribution in [3.63, 3.8) is 0 Å². The highest BCUT2D eigenvalue weighted by Crippen LogP contribution is 2.27. The van der Waals surface area contributed by atoms with E-state index in [-0.39, 0.29) is 23.2 Å². The van der Waals surface area contributed by atoms with E-state index >= 15 is 0 Å². The van der Waals surface area contributed by atoms with Crippen molar-refractivity contribution < 1.29 is 17.6 Å². The Morgan fingerprint density at radius 1 is 1.00 bits per heavy atom. The summed E-state index contributed by atoms with van der Waals surface area (Å²) in [6.07, 6.45) is 0.694. The second-order valence-corrected chi connectivity index (χ2v) is 10.9. The maximum atomic E-state index is 13.7. The summed E-state index contributed by atoms with van der Waals surface area (Å²) in [5, 5.41) is 2.82. The zero-order chi connectivity index (χ0) is 24.6. The number of hydrogen-bond acceptors (Lipinski definition) is 4. The molecule has 0 atom stereocenters. The number of nitrogens with one attached hydrogen (secondary N) is 1. The summed E-state index contributed by atoms with van der Waals surface area (Å²) in [5.74, 6) is 0.725. The van der Waals surface area contributed by atoms with Crippen molar-refractivity contribution in [1.29, 1.82) is 0 Å². The number of carbonyl (C=O) groups is 1. The molecule has 0 unspecified atom stereocenters. The Morgan fingerprint density at radius 3 is 2.44 bits per heavy atom. The minimum Gasteiger partial charge on any atom is -0.354 e. The Kier molecular flexibility index (Phi) is 9.12. The van der Waals surface area contributed by atoms with Crippen molar-refractivity contribution in [2.75, 3.05) is 23.1 Å². The monoisotopic (exact) mass is 500 g/mol. The zero-order valence-electron chi connectivity index (χ0n) is 19.3. The Balaban J connectivity index is 1.62. The molecule has 0 fully saturated rings. The van der Waals surface area contributed by atoms with E-state index in [2.05, 4.69) is 5.32 Å². The average Bonchev–Trinajstić information content (AvgIpc) is 2.83. The molecule has 0 aliphatic heterocycles. The topological polar surface area (TPSA) is 66.5 Å². The quantitative estimate of drug-likeness (QED) is 0.373. The van der Waals surface area contributed by atoms with Crippen molar-refractivity contribution in [2.45, 2.75) is 30.9 Å². The second-order valence-electron chi connectivity index (χ2n) is 7.96. The van der Waals surface area contributed by atoms with Crippen LogP contribution in [0.4, 0.5) is 10.1 Å². The second kappa shape index (κ2) is 12.0. The first-order chi connectivity index (χ1) is 16.3. The summed E-state index contributed by atoms with van der Waals surface area (Å²) >= 11 is 1.59. The Morgan fingerprint density at radius 2 is 1.71 bits per heavy atom. The number of amides is 1. The van der Waals surface area contributed by atoms with Gasteiger partial charge in [-0.05, 0) is 67.0 Å². The number of carbonyl (C=O) groups excluding carboxylic acids is 1. The van der Waals surface area contributed by atoms with Crippen LogP contribution < -0.4 is 9.62 Å². The lowest BCUT2D eigenvalue weighted by Crippen LogP contribution is -2.41. The van der Waals surface area contributed by atoms with E-state index in [9.17, 15) is 17.6 Å². The molecule has 0 aliphatic carbocycles. The summed E-state index contributed by atoms with van der Waals surface area (Å²) in [5.41, 5.74) is 2.81. The van der Waals surface area contributed by atoms with Gasteiger partial charge in [0.15, 0.2) is 0 Å². The number of anilines is 1. The molecule has 0 aromatic heterocycles. The summed E-state index contributed by atoms with van der Waals surface area (Å²) < 4.78 is 41.7. The number of sulfonamides is 1. The van der Waals surface area contributed by atoms with E-state index in [1.165, 1.54) is 22.5 Å². The molecular weight excluding hydrogens is 471 g/mol. The Bertz CT molecular complexity index is 1220. The van der Waals surface area contributed by atoms with E-state index in [1.807, 2.05) is 32.0 Å². The number of nitrogens with zero attached hydrogens (tertiary/aromatic N) is 1. The van der Waals surface area contributed by atoms with Crippen LogP contribution in [0.1, 0.15) is 23.1 Å². The molecule has 3 aromatic carbocycles. The Labute approximate surface area is 205 Å². The van der Waals surface area contributed by atoms with Crippen LogP contribution in [0.15, 0.2) is 77.7 Å². The largest absolute Gasteiger partial charge is 0.354 e. The lowest BCUT2D eigenvalue weighted by molar-refractivity contribution is -0.119. The third-order valence-corrected chi connectivity index (χ3v) is 8.12. The number of thioether (sulfide) groups is 1. The SMILES string of the molecule is Cc1ccc(C)c(N(CC(=O)NCCCSCc2ccccc2F)S(=O)(=O)c2ccccc2)c1. The number of benzene rings is 3. The summed E-state index contributed by atoms with van der Waals surface area (Å²) in [6.45, 7) is 3.81. The lowest BCUT2D eigenvalue weighted by atomic mass is 10.1. The van der Waals surface area contributed by atoms with E-state index in [4.69, 9.17) is 0 Å². The van der Waals surface area contributed by atoms with Gasteiger partial charge in [0.1, 0.15) is 12.4 Å². The van der Waals surface area contributed by atoms with Crippen LogP contribution in [0.2, 0.25) is 0 Å². The van der Waals surface area contributed by atoms with Gasteiger partial charge < -0.3 is 5.32 Å². The van der Waals surface area contributed by atoms with Crippen molar-refractivity contribution >= 4 is 33.4 Å². The molecule has 3 rings (SSSR count). The lowest BCUT2D eigenvalue weighted by Gasteiger charge is -2.26. The first-order valence-electron chi connectivity index (χ1n) is 11.0. The minimum absolute atomic E-state index is 0.133. The van der Waals surface area contributed by atoms with Gasteiger partial charge in [-0.15, -0.1) is 0 Å². The maximum absolute atomic E-state index is 13.7. The van der Waals surface area contributed by atoms with Crippen LogP contribution in [-0.4, -0.2) is 33.2 Å². The standard InChI is InChI=1S/C26H29FN2O3S2/c1-20-13-14-21(2)25(17-20)29(34(31,32)23-10-4-3-5-11-23)18-26(30)28-15-8-16-33-19-22-9-6-7-12-24(22)27/h3-7,9-14,17H,8,15-16,18-19H2,1-2H3,(H,28,30). The van der Waals surface area contributed by atoms with Crippen molar-refractivity contribution in [3.8, 4) is 0 Å². The molecule has 1 amide bonds. The third kappa shape index (κ3) is 6.84. The molecule has 0 spiro atoms. The number of aryl methyl sites for hydroxylation is 2. The van der Waals surface area contributed by atoms with Crippen LogP contribution in [0, 0.1) is 19.7 Å². The summed E-state index contributed by atoms with van der Waals surface area (Å²) in [4.78, 5) is 12.9. The fraction of sp³-hybridized carbons (Fsp3) is 0.269. The van der Waals surface area contributed by atoms with E-state index in [0.29, 0.717) is 30.0 Å². The van der Waals surface area contributed by atoms with Gasteiger partial charge in [0.2, 0.25) is 5.91 Å². The van der Waals surface area contributed by atoms with Gasteiger partial charge >= 0.3 is 0 Å². The van der Waals surface area contributed by atoms with E-state index < -0.39 is 10.0 Å². The maximum Gasteiger partial charge on any atom is 0.264 e. The van der Waals surface area contributed by atoms with Gasteiger partial charge in [-0.1, -0.05) is 48.5 Å². The molecule has 1 N–H and O–H groups in total. The van der Waals surface area contributed by atoms with Gasteiger partial charge in [-0.2, -0.15) is 11.8 Å². The fourth-order valence-electron chi connectivity index (χ4n) is 3.39. The molecule has 3 aromatic rings. The molecule has 0 radical (unpaired) electrons. The van der Waals surface area contributed by atoms with Crippen LogP contribution in [0.25, 0.3) is 0 Å². The van der Waals surface area contributed by atoms with Crippen LogP contribution in [0.3, 0.4) is 0 Å². The summed E-state index contributed by atoms with van der Waals surface area (Å²) in [7, 11) is -3.93. The van der Waals surface area contributed by atoms with Gasteiger partial charge in [-0.25, -0.2) is 12.8 Å². The highest BCUT2D eigenvalue weighted by Gasteiger charge is 2.28. The van der Waals surface area contributed by atoms with Crippen molar-refractivity contribution in [3.05, 3.63) is 95.3 Å². The predicted molar refractivity (Wildman–Crippen MR) is 137 cm³/mol. The smallest absolute Gasteiger partial charge is 0.264 e.